The molecule has 0 fully saturated rings. The van der Waals surface area contributed by atoms with Gasteiger partial charge in [-0.2, -0.15) is 0 Å². The smallest absolute Gasteiger partial charge is 0.236 e. The third-order valence-electron chi connectivity index (χ3n) is 4.18. The fraction of sp³-hybridized carbons (Fsp3) is 0.474. The van der Waals surface area contributed by atoms with Crippen molar-refractivity contribution in [2.45, 2.75) is 58.0 Å². The molecule has 0 radical (unpaired) electrons. The molecule has 2 aromatic heterocycles. The Morgan fingerprint density at radius 1 is 0.652 bits per heavy atom. The van der Waals surface area contributed by atoms with E-state index in [0.717, 1.165) is 13.1 Å². The third kappa shape index (κ3) is 6.27. The highest BCUT2D eigenvalue weighted by molar-refractivity contribution is 5.13. The Kier molecular flexibility index (Phi) is 7.37. The summed E-state index contributed by atoms with van der Waals surface area (Å²) < 4.78 is 8.44. The lowest BCUT2D eigenvalue weighted by Crippen LogP contribution is -2.30. The summed E-state index contributed by atoms with van der Waals surface area (Å²) in [5.41, 5.74) is 0. The van der Waals surface area contributed by atoms with Gasteiger partial charge in [-0.05, 0) is 25.7 Å². The lowest BCUT2D eigenvalue weighted by molar-refractivity contribution is -0.696. The average molecular weight is 314 g/mol. The summed E-state index contributed by atoms with van der Waals surface area (Å²) in [6.07, 6.45) is 25.3. The minimum Gasteiger partial charge on any atom is -0.236 e. The number of hydrogen-bond donors (Lipinski definition) is 0. The van der Waals surface area contributed by atoms with Crippen molar-refractivity contribution < 1.29 is 9.13 Å². The Labute approximate surface area is 140 Å². The van der Waals surface area contributed by atoms with Crippen LogP contribution >= 0.6 is 0 Å². The maximum Gasteiger partial charge on any atom is 0.248 e. The summed E-state index contributed by atoms with van der Waals surface area (Å²) in [6, 6.07) is 0. The zero-order chi connectivity index (χ0) is 16.3. The molecule has 4 heteroatoms. The number of aryl methyl sites for hydroxylation is 2. The summed E-state index contributed by atoms with van der Waals surface area (Å²) in [4.78, 5) is 0. The third-order valence-corrected chi connectivity index (χ3v) is 4.18. The first-order valence-electron chi connectivity index (χ1n) is 8.70. The molecule has 0 aliphatic rings. The second-order valence-corrected chi connectivity index (χ2v) is 6.04. The van der Waals surface area contributed by atoms with Crippen LogP contribution in [0, 0.1) is 0 Å². The van der Waals surface area contributed by atoms with Crippen LogP contribution in [0.4, 0.5) is 0 Å². The minimum absolute atomic E-state index is 1.11. The van der Waals surface area contributed by atoms with Gasteiger partial charge >= 0.3 is 0 Å². The van der Waals surface area contributed by atoms with Gasteiger partial charge in [-0.3, -0.25) is 0 Å². The Balaban J connectivity index is 1.43. The van der Waals surface area contributed by atoms with Crippen LogP contribution in [0.2, 0.25) is 0 Å². The average Bonchev–Trinajstić information content (AvgIpc) is 3.22. The number of hydrogen-bond acceptors (Lipinski definition) is 0. The molecule has 0 atom stereocenters. The van der Waals surface area contributed by atoms with Crippen LogP contribution in [0.15, 0.2) is 50.6 Å². The molecule has 0 unspecified atom stereocenters. The normalized spacial score (nSPS) is 10.8. The van der Waals surface area contributed by atoms with Gasteiger partial charge in [0.1, 0.15) is 24.8 Å². The zero-order valence-corrected chi connectivity index (χ0v) is 14.2. The van der Waals surface area contributed by atoms with Gasteiger partial charge < -0.3 is 0 Å². The maximum absolute atomic E-state index is 3.76. The van der Waals surface area contributed by atoms with E-state index in [0.29, 0.717) is 0 Å². The van der Waals surface area contributed by atoms with Gasteiger partial charge in [-0.1, -0.05) is 32.4 Å². The molecule has 23 heavy (non-hydrogen) atoms. The first kappa shape index (κ1) is 17.3. The maximum atomic E-state index is 3.76. The van der Waals surface area contributed by atoms with Crippen molar-refractivity contribution in [3.63, 3.8) is 0 Å². The van der Waals surface area contributed by atoms with Gasteiger partial charge in [0.15, 0.2) is 0 Å². The second kappa shape index (κ2) is 9.82. The molecule has 2 rings (SSSR count). The summed E-state index contributed by atoms with van der Waals surface area (Å²) >= 11 is 0. The first-order valence-corrected chi connectivity index (χ1v) is 8.70. The van der Waals surface area contributed by atoms with Gasteiger partial charge in [0.05, 0.1) is 25.5 Å². The van der Waals surface area contributed by atoms with E-state index >= 15 is 0 Å². The van der Waals surface area contributed by atoms with E-state index in [2.05, 4.69) is 47.3 Å². The molecule has 0 amide bonds. The van der Waals surface area contributed by atoms with Crippen LogP contribution in [-0.4, -0.2) is 9.13 Å². The molecule has 2 heterocycles. The lowest BCUT2D eigenvalue weighted by atomic mass is 10.1. The predicted octanol–water partition coefficient (Wildman–Crippen LogP) is 3.50. The van der Waals surface area contributed by atoms with Gasteiger partial charge in [0.2, 0.25) is 12.7 Å². The molecule has 0 aliphatic heterocycles. The quantitative estimate of drug-likeness (QED) is 0.421. The largest absolute Gasteiger partial charge is 0.248 e. The number of aromatic nitrogens is 4. The van der Waals surface area contributed by atoms with Crippen molar-refractivity contribution in [1.29, 1.82) is 0 Å². The van der Waals surface area contributed by atoms with Gasteiger partial charge in [0, 0.05) is 0 Å². The summed E-state index contributed by atoms with van der Waals surface area (Å²) in [5, 5.41) is 0. The minimum atomic E-state index is 1.11. The van der Waals surface area contributed by atoms with E-state index in [1.54, 1.807) is 0 Å². The van der Waals surface area contributed by atoms with Crippen molar-refractivity contribution in [3.8, 4) is 0 Å². The molecule has 0 spiro atoms. The van der Waals surface area contributed by atoms with Gasteiger partial charge in [-0.25, -0.2) is 18.3 Å². The Morgan fingerprint density at radius 2 is 1.04 bits per heavy atom. The summed E-state index contributed by atoms with van der Waals surface area (Å²) in [5.74, 6) is 0. The van der Waals surface area contributed by atoms with E-state index in [9.17, 15) is 0 Å². The molecule has 124 valence electrons. The SMILES string of the molecule is C=Cn1cc[n+](CCCCCCCCC[n+]2ccn(C=C)c2)c1. The van der Waals surface area contributed by atoms with E-state index in [-0.39, 0.29) is 0 Å². The molecule has 4 nitrogen and oxygen atoms in total. The van der Waals surface area contributed by atoms with E-state index < -0.39 is 0 Å². The van der Waals surface area contributed by atoms with Crippen molar-refractivity contribution in [1.82, 2.24) is 9.13 Å². The summed E-state index contributed by atoms with van der Waals surface area (Å²) in [6.45, 7) is 9.73. The van der Waals surface area contributed by atoms with E-state index in [1.807, 2.05) is 33.9 Å². The molecule has 0 bridgehead atoms. The molecule has 0 N–H and O–H groups in total. The van der Waals surface area contributed by atoms with Crippen LogP contribution in [0.5, 0.6) is 0 Å². The number of unbranched alkanes of at least 4 members (excludes halogenated alkanes) is 6. The van der Waals surface area contributed by atoms with Gasteiger partial charge in [0.25, 0.3) is 0 Å². The van der Waals surface area contributed by atoms with E-state index in [4.69, 9.17) is 0 Å². The second-order valence-electron chi connectivity index (χ2n) is 6.04. The molecule has 0 saturated carbocycles. The van der Waals surface area contributed by atoms with Crippen molar-refractivity contribution in [3.05, 3.63) is 50.6 Å². The lowest BCUT2D eigenvalue weighted by Gasteiger charge is -2.01. The fourth-order valence-electron chi connectivity index (χ4n) is 2.77. The fourth-order valence-corrected chi connectivity index (χ4v) is 2.77. The Morgan fingerprint density at radius 3 is 1.39 bits per heavy atom. The molecular formula is C19H30N4+2. The number of rotatable bonds is 12. The van der Waals surface area contributed by atoms with Crippen molar-refractivity contribution >= 4 is 12.4 Å². The predicted molar refractivity (Wildman–Crippen MR) is 94.3 cm³/mol. The van der Waals surface area contributed by atoms with Crippen molar-refractivity contribution in [2.75, 3.05) is 0 Å². The highest BCUT2D eigenvalue weighted by Crippen LogP contribution is 2.07. The molecule has 0 saturated heterocycles. The van der Waals surface area contributed by atoms with Crippen molar-refractivity contribution in [2.24, 2.45) is 0 Å². The highest BCUT2D eigenvalue weighted by atomic mass is 15.1. The topological polar surface area (TPSA) is 17.6 Å². The molecular weight excluding hydrogens is 284 g/mol. The zero-order valence-electron chi connectivity index (χ0n) is 14.2. The number of nitrogens with zero attached hydrogens (tertiary/aromatic N) is 4. The van der Waals surface area contributed by atoms with Crippen LogP contribution in [0.25, 0.3) is 12.4 Å². The Hall–Kier alpha value is -2.10. The molecule has 2 aromatic rings. The van der Waals surface area contributed by atoms with Crippen LogP contribution in [0.3, 0.4) is 0 Å². The van der Waals surface area contributed by atoms with Crippen LogP contribution in [0.1, 0.15) is 44.9 Å². The highest BCUT2D eigenvalue weighted by Gasteiger charge is 2.01. The first-order chi connectivity index (χ1) is 11.3. The molecule has 0 aromatic carbocycles. The monoisotopic (exact) mass is 314 g/mol. The number of imidazole rings is 2. The van der Waals surface area contributed by atoms with Gasteiger partial charge in [-0.15, -0.1) is 0 Å². The standard InChI is InChI=1S/C19H30N4/c1-3-20-14-16-22(18-20)12-10-8-6-5-7-9-11-13-23-17-15-21(4-2)19-23/h3-4,14-19H,1-2,5-13H2/q+2. The van der Waals surface area contributed by atoms with E-state index in [1.165, 1.54) is 44.9 Å². The molecule has 0 aliphatic carbocycles. The summed E-state index contributed by atoms with van der Waals surface area (Å²) in [7, 11) is 0. The Bertz CT molecular complexity index is 542. The van der Waals surface area contributed by atoms with Crippen LogP contribution < -0.4 is 9.13 Å². The van der Waals surface area contributed by atoms with Crippen LogP contribution in [-0.2, 0) is 13.1 Å².